The zero-order chi connectivity index (χ0) is 18.5. The lowest BCUT2D eigenvalue weighted by molar-refractivity contribution is 0.0465. The van der Waals surface area contributed by atoms with Gasteiger partial charge < -0.3 is 10.0 Å². The fourth-order valence-corrected chi connectivity index (χ4v) is 4.64. The van der Waals surface area contributed by atoms with Gasteiger partial charge in [0.15, 0.2) is 0 Å². The summed E-state index contributed by atoms with van der Waals surface area (Å²) in [5.41, 5.74) is 1.83. The number of benzene rings is 1. The molecule has 1 fully saturated rings. The Bertz CT molecular complexity index is 721. The lowest BCUT2D eigenvalue weighted by Crippen LogP contribution is -2.39. The number of thiazole rings is 1. The van der Waals surface area contributed by atoms with E-state index in [2.05, 4.69) is 11.9 Å². The molecule has 1 aromatic heterocycles. The van der Waals surface area contributed by atoms with E-state index in [4.69, 9.17) is 0 Å². The van der Waals surface area contributed by atoms with Crippen LogP contribution in [-0.4, -0.2) is 34.0 Å². The minimum Gasteiger partial charge on any atom is -0.388 e. The maximum atomic E-state index is 12.9. The van der Waals surface area contributed by atoms with Crippen molar-refractivity contribution >= 4 is 17.2 Å². The first-order chi connectivity index (χ1) is 12.6. The minimum absolute atomic E-state index is 0.107. The van der Waals surface area contributed by atoms with Crippen molar-refractivity contribution in [2.24, 2.45) is 5.92 Å². The maximum absolute atomic E-state index is 12.9. The summed E-state index contributed by atoms with van der Waals surface area (Å²) in [4.78, 5) is 20.2. The molecule has 2 aromatic rings. The van der Waals surface area contributed by atoms with Crippen LogP contribution < -0.4 is 0 Å². The molecule has 0 bridgehead atoms. The van der Waals surface area contributed by atoms with E-state index in [1.54, 1.807) is 11.3 Å². The number of nitrogens with zero attached hydrogens (tertiary/aromatic N) is 2. The SMILES string of the molecule is CCCCc1nc(C)c(C(=O)N2CCC(C(O)c3ccccc3)CC2)s1. The van der Waals surface area contributed by atoms with Gasteiger partial charge in [-0.3, -0.25) is 4.79 Å². The molecule has 5 heteroatoms. The number of carbonyl (C=O) groups excluding carboxylic acids is 1. The Morgan fingerprint density at radius 3 is 2.65 bits per heavy atom. The molecular weight excluding hydrogens is 344 g/mol. The van der Waals surface area contributed by atoms with E-state index in [1.807, 2.05) is 42.2 Å². The van der Waals surface area contributed by atoms with Crippen molar-refractivity contribution in [3.05, 3.63) is 51.5 Å². The fourth-order valence-electron chi connectivity index (χ4n) is 3.57. The average Bonchev–Trinajstić information content (AvgIpc) is 3.06. The first-order valence-electron chi connectivity index (χ1n) is 9.58. The molecule has 140 valence electrons. The highest BCUT2D eigenvalue weighted by atomic mass is 32.1. The van der Waals surface area contributed by atoms with Crippen molar-refractivity contribution in [2.45, 2.75) is 52.1 Å². The zero-order valence-corrected chi connectivity index (χ0v) is 16.5. The van der Waals surface area contributed by atoms with Gasteiger partial charge in [0.25, 0.3) is 5.91 Å². The van der Waals surface area contributed by atoms with Gasteiger partial charge in [-0.05, 0) is 44.1 Å². The molecule has 4 nitrogen and oxygen atoms in total. The van der Waals surface area contributed by atoms with Gasteiger partial charge >= 0.3 is 0 Å². The molecule has 26 heavy (non-hydrogen) atoms. The van der Waals surface area contributed by atoms with Crippen molar-refractivity contribution in [1.29, 1.82) is 0 Å². The highest BCUT2D eigenvalue weighted by molar-refractivity contribution is 7.13. The Kier molecular flexibility index (Phi) is 6.43. The third kappa shape index (κ3) is 4.33. The first-order valence-corrected chi connectivity index (χ1v) is 10.4. The van der Waals surface area contributed by atoms with E-state index in [9.17, 15) is 9.90 Å². The molecule has 1 N–H and O–H groups in total. The molecule has 0 radical (unpaired) electrons. The highest BCUT2D eigenvalue weighted by Crippen LogP contribution is 2.32. The van der Waals surface area contributed by atoms with E-state index >= 15 is 0 Å². The summed E-state index contributed by atoms with van der Waals surface area (Å²) in [6, 6.07) is 9.82. The predicted molar refractivity (Wildman–Crippen MR) is 105 cm³/mol. The molecule has 1 aliphatic heterocycles. The van der Waals surface area contributed by atoms with Gasteiger partial charge in [-0.25, -0.2) is 4.98 Å². The maximum Gasteiger partial charge on any atom is 0.265 e. The van der Waals surface area contributed by atoms with Gasteiger partial charge in [0.2, 0.25) is 0 Å². The smallest absolute Gasteiger partial charge is 0.265 e. The summed E-state index contributed by atoms with van der Waals surface area (Å²) < 4.78 is 0. The number of piperidine rings is 1. The number of hydrogen-bond donors (Lipinski definition) is 1. The number of hydrogen-bond acceptors (Lipinski definition) is 4. The summed E-state index contributed by atoms with van der Waals surface area (Å²) in [6.07, 6.45) is 4.44. The Morgan fingerprint density at radius 1 is 1.31 bits per heavy atom. The second kappa shape index (κ2) is 8.78. The quantitative estimate of drug-likeness (QED) is 0.819. The van der Waals surface area contributed by atoms with Crippen LogP contribution in [0.4, 0.5) is 0 Å². The third-order valence-electron chi connectivity index (χ3n) is 5.19. The molecule has 0 saturated carbocycles. The van der Waals surface area contributed by atoms with Crippen molar-refractivity contribution < 1.29 is 9.90 Å². The van der Waals surface area contributed by atoms with Crippen molar-refractivity contribution in [3.8, 4) is 0 Å². The number of amides is 1. The molecular formula is C21H28N2O2S. The van der Waals surface area contributed by atoms with Crippen molar-refractivity contribution in [2.75, 3.05) is 13.1 Å². The molecule has 1 unspecified atom stereocenters. The van der Waals surface area contributed by atoms with Crippen molar-refractivity contribution in [1.82, 2.24) is 9.88 Å². The Morgan fingerprint density at radius 2 is 2.00 bits per heavy atom. The Labute approximate surface area is 159 Å². The highest BCUT2D eigenvalue weighted by Gasteiger charge is 2.30. The van der Waals surface area contributed by atoms with E-state index < -0.39 is 6.10 Å². The normalized spacial score (nSPS) is 16.7. The van der Waals surface area contributed by atoms with Gasteiger partial charge in [0.05, 0.1) is 16.8 Å². The van der Waals surface area contributed by atoms with Crippen LogP contribution in [0.2, 0.25) is 0 Å². The number of rotatable bonds is 6. The van der Waals surface area contributed by atoms with Gasteiger partial charge in [-0.15, -0.1) is 11.3 Å². The number of aliphatic hydroxyl groups excluding tert-OH is 1. The number of likely N-dealkylation sites (tertiary alicyclic amines) is 1. The molecule has 1 atom stereocenters. The fraction of sp³-hybridized carbons (Fsp3) is 0.524. The number of aliphatic hydroxyl groups is 1. The van der Waals surface area contributed by atoms with Crippen LogP contribution >= 0.6 is 11.3 Å². The molecule has 0 aliphatic carbocycles. The summed E-state index contributed by atoms with van der Waals surface area (Å²) in [7, 11) is 0. The lowest BCUT2D eigenvalue weighted by atomic mass is 9.87. The summed E-state index contributed by atoms with van der Waals surface area (Å²) in [5, 5.41) is 11.7. The molecule has 1 amide bonds. The minimum atomic E-state index is -0.445. The van der Waals surface area contributed by atoms with E-state index in [-0.39, 0.29) is 11.8 Å². The van der Waals surface area contributed by atoms with Crippen LogP contribution in [0.3, 0.4) is 0 Å². The largest absolute Gasteiger partial charge is 0.388 e. The Balaban J connectivity index is 1.59. The monoisotopic (exact) mass is 372 g/mol. The van der Waals surface area contributed by atoms with Gasteiger partial charge in [-0.1, -0.05) is 43.7 Å². The Hall–Kier alpha value is -1.72. The van der Waals surface area contributed by atoms with Gasteiger partial charge in [-0.2, -0.15) is 0 Å². The van der Waals surface area contributed by atoms with E-state index in [1.165, 1.54) is 0 Å². The van der Waals surface area contributed by atoms with Gasteiger partial charge in [0, 0.05) is 13.1 Å². The molecule has 1 aliphatic rings. The summed E-state index contributed by atoms with van der Waals surface area (Å²) in [6.45, 7) is 5.51. The van der Waals surface area contributed by atoms with Gasteiger partial charge in [0.1, 0.15) is 4.88 Å². The molecule has 1 aromatic carbocycles. The molecule has 3 rings (SSSR count). The molecule has 1 saturated heterocycles. The summed E-state index contributed by atoms with van der Waals surface area (Å²) in [5.74, 6) is 0.319. The van der Waals surface area contributed by atoms with Crippen LogP contribution in [0.5, 0.6) is 0 Å². The zero-order valence-electron chi connectivity index (χ0n) is 15.6. The van der Waals surface area contributed by atoms with Crippen LogP contribution in [0.15, 0.2) is 30.3 Å². The first kappa shape index (κ1) is 19.1. The topological polar surface area (TPSA) is 53.4 Å². The third-order valence-corrected chi connectivity index (χ3v) is 6.40. The van der Waals surface area contributed by atoms with Crippen molar-refractivity contribution in [3.63, 3.8) is 0 Å². The van der Waals surface area contributed by atoms with E-state index in [0.717, 1.165) is 53.2 Å². The number of aromatic nitrogens is 1. The standard InChI is InChI=1S/C21H28N2O2S/c1-3-4-10-18-22-15(2)20(26-18)21(25)23-13-11-17(12-14-23)19(24)16-8-6-5-7-9-16/h5-9,17,19,24H,3-4,10-14H2,1-2H3. The summed E-state index contributed by atoms with van der Waals surface area (Å²) >= 11 is 1.55. The lowest BCUT2D eigenvalue weighted by Gasteiger charge is -2.34. The molecule has 0 spiro atoms. The average molecular weight is 373 g/mol. The number of carbonyl (C=O) groups is 1. The second-order valence-electron chi connectivity index (χ2n) is 7.11. The predicted octanol–water partition coefficient (Wildman–Crippen LogP) is 4.38. The van der Waals surface area contributed by atoms with Crippen LogP contribution in [-0.2, 0) is 6.42 Å². The van der Waals surface area contributed by atoms with Crippen LogP contribution in [0, 0.1) is 12.8 Å². The second-order valence-corrected chi connectivity index (χ2v) is 8.19. The van der Waals surface area contributed by atoms with Crippen LogP contribution in [0.25, 0.3) is 0 Å². The molecule has 2 heterocycles. The van der Waals surface area contributed by atoms with Crippen LogP contribution in [0.1, 0.15) is 64.6 Å². The number of unbranched alkanes of at least 4 members (excludes halogenated alkanes) is 1. The number of aryl methyl sites for hydroxylation is 2. The van der Waals surface area contributed by atoms with E-state index in [0.29, 0.717) is 13.1 Å².